The van der Waals surface area contributed by atoms with E-state index in [4.69, 9.17) is 5.73 Å². The lowest BCUT2D eigenvalue weighted by molar-refractivity contribution is -0.114. The molecule has 2 aromatic heterocycles. The number of carbonyl (C=O) groups excluding carboxylic acids is 1. The predicted molar refractivity (Wildman–Crippen MR) is 81.7 cm³/mol. The first-order chi connectivity index (χ1) is 9.70. The number of thiazole rings is 1. The molecule has 0 fully saturated rings. The average Bonchev–Trinajstić information content (AvgIpc) is 2.99. The van der Waals surface area contributed by atoms with Gasteiger partial charge in [0, 0.05) is 23.5 Å². The molecule has 0 spiro atoms. The van der Waals surface area contributed by atoms with Crippen molar-refractivity contribution in [2.75, 3.05) is 5.73 Å². The summed E-state index contributed by atoms with van der Waals surface area (Å²) in [5, 5.41) is 1.97. The number of ketones is 1. The Morgan fingerprint density at radius 2 is 2.15 bits per heavy atom. The van der Waals surface area contributed by atoms with Gasteiger partial charge in [0.15, 0.2) is 10.7 Å². The Kier molecular flexibility index (Phi) is 3.35. The summed E-state index contributed by atoms with van der Waals surface area (Å²) in [6, 6.07) is 7.39. The number of imidazole rings is 1. The fraction of sp³-hybridized carbons (Fsp3) is 0.0667. The van der Waals surface area contributed by atoms with Crippen molar-refractivity contribution in [2.24, 2.45) is 0 Å². The lowest BCUT2D eigenvalue weighted by atomic mass is 10.1. The quantitative estimate of drug-likeness (QED) is 0.591. The molecule has 3 rings (SSSR count). The normalized spacial score (nSPS) is 11.4. The molecule has 20 heavy (non-hydrogen) atoms. The van der Waals surface area contributed by atoms with Crippen LogP contribution < -0.4 is 5.73 Å². The second-order valence-electron chi connectivity index (χ2n) is 4.47. The molecule has 0 aliphatic heterocycles. The van der Waals surface area contributed by atoms with Crippen LogP contribution in [0.15, 0.2) is 48.1 Å². The fourth-order valence-corrected chi connectivity index (χ4v) is 2.61. The second-order valence-corrected chi connectivity index (χ2v) is 5.34. The van der Waals surface area contributed by atoms with Crippen LogP contribution >= 0.6 is 11.3 Å². The standard InChI is InChI=1S/C15H13N3OS/c16-12-4-1-11(2-5-12)3-6-14(19)9-13-10-18-7-8-20-15(18)17-13/h1-8,10H,9,16H2/b6-3+. The largest absolute Gasteiger partial charge is 0.399 e. The lowest BCUT2D eigenvalue weighted by Crippen LogP contribution is -1.98. The third-order valence-electron chi connectivity index (χ3n) is 2.90. The Morgan fingerprint density at radius 3 is 2.90 bits per heavy atom. The van der Waals surface area contributed by atoms with E-state index in [9.17, 15) is 4.79 Å². The van der Waals surface area contributed by atoms with E-state index in [1.807, 2.05) is 46.4 Å². The van der Waals surface area contributed by atoms with Crippen molar-refractivity contribution >= 4 is 33.8 Å². The van der Waals surface area contributed by atoms with Crippen LogP contribution in [0.25, 0.3) is 11.0 Å². The van der Waals surface area contributed by atoms with Crippen LogP contribution in [0.2, 0.25) is 0 Å². The van der Waals surface area contributed by atoms with Crippen molar-refractivity contribution in [3.05, 3.63) is 59.4 Å². The number of allylic oxidation sites excluding steroid dienone is 1. The lowest BCUT2D eigenvalue weighted by Gasteiger charge is -1.95. The summed E-state index contributed by atoms with van der Waals surface area (Å²) in [7, 11) is 0. The summed E-state index contributed by atoms with van der Waals surface area (Å²) in [5.41, 5.74) is 8.08. The average molecular weight is 283 g/mol. The molecule has 5 heteroatoms. The van der Waals surface area contributed by atoms with Gasteiger partial charge in [0.05, 0.1) is 12.1 Å². The molecule has 3 aromatic rings. The Balaban J connectivity index is 1.67. The Bertz CT molecular complexity index is 739. The second kappa shape index (κ2) is 5.30. The van der Waals surface area contributed by atoms with Gasteiger partial charge in [-0.25, -0.2) is 4.98 Å². The zero-order valence-electron chi connectivity index (χ0n) is 10.7. The third kappa shape index (κ3) is 2.78. The number of rotatable bonds is 4. The maximum absolute atomic E-state index is 11.9. The Hall–Kier alpha value is -2.40. The maximum atomic E-state index is 11.9. The Labute approximate surface area is 120 Å². The van der Waals surface area contributed by atoms with Gasteiger partial charge in [-0.15, -0.1) is 11.3 Å². The monoisotopic (exact) mass is 283 g/mol. The van der Waals surface area contributed by atoms with Crippen molar-refractivity contribution in [3.63, 3.8) is 0 Å². The highest BCUT2D eigenvalue weighted by Gasteiger charge is 2.05. The molecule has 0 aliphatic carbocycles. The molecule has 1 aromatic carbocycles. The molecule has 0 saturated carbocycles. The number of nitrogens with zero attached hydrogens (tertiary/aromatic N) is 2. The molecule has 100 valence electrons. The van der Waals surface area contributed by atoms with Crippen molar-refractivity contribution in [3.8, 4) is 0 Å². The van der Waals surface area contributed by atoms with Gasteiger partial charge in [-0.05, 0) is 23.8 Å². The number of fused-ring (bicyclic) bond motifs is 1. The number of hydrogen-bond acceptors (Lipinski definition) is 4. The molecule has 0 saturated heterocycles. The van der Waals surface area contributed by atoms with Gasteiger partial charge in [0.1, 0.15) is 0 Å². The van der Waals surface area contributed by atoms with Crippen molar-refractivity contribution in [1.82, 2.24) is 9.38 Å². The van der Waals surface area contributed by atoms with Crippen LogP contribution in [0.1, 0.15) is 11.3 Å². The van der Waals surface area contributed by atoms with Crippen LogP contribution in [0.4, 0.5) is 5.69 Å². The zero-order chi connectivity index (χ0) is 13.9. The van der Waals surface area contributed by atoms with Crippen molar-refractivity contribution in [2.45, 2.75) is 6.42 Å². The molecule has 0 amide bonds. The van der Waals surface area contributed by atoms with Gasteiger partial charge in [0.25, 0.3) is 0 Å². The predicted octanol–water partition coefficient (Wildman–Crippen LogP) is 2.80. The van der Waals surface area contributed by atoms with E-state index in [1.165, 1.54) is 0 Å². The topological polar surface area (TPSA) is 60.4 Å². The van der Waals surface area contributed by atoms with E-state index in [1.54, 1.807) is 23.5 Å². The van der Waals surface area contributed by atoms with Crippen molar-refractivity contribution < 1.29 is 4.79 Å². The molecule has 0 bridgehead atoms. The Morgan fingerprint density at radius 1 is 1.35 bits per heavy atom. The van der Waals surface area contributed by atoms with E-state index >= 15 is 0 Å². The summed E-state index contributed by atoms with van der Waals surface area (Å²) < 4.78 is 1.93. The highest BCUT2D eigenvalue weighted by atomic mass is 32.1. The van der Waals surface area contributed by atoms with E-state index < -0.39 is 0 Å². The number of hydrogen-bond donors (Lipinski definition) is 1. The molecule has 0 atom stereocenters. The molecular weight excluding hydrogens is 270 g/mol. The SMILES string of the molecule is Nc1ccc(/C=C/C(=O)Cc2cn3ccsc3n2)cc1. The van der Waals surface area contributed by atoms with Crippen LogP contribution in [0, 0.1) is 0 Å². The van der Waals surface area contributed by atoms with Crippen LogP contribution in [-0.4, -0.2) is 15.2 Å². The minimum absolute atomic E-state index is 0.0348. The number of aromatic nitrogens is 2. The molecule has 0 aliphatic rings. The molecular formula is C15H13N3OS. The first kappa shape index (κ1) is 12.6. The highest BCUT2D eigenvalue weighted by Crippen LogP contribution is 2.12. The number of nitrogens with two attached hydrogens (primary N) is 1. The molecule has 2 heterocycles. The maximum Gasteiger partial charge on any atom is 0.193 e. The van der Waals surface area contributed by atoms with Crippen molar-refractivity contribution in [1.29, 1.82) is 0 Å². The first-order valence-electron chi connectivity index (χ1n) is 6.18. The third-order valence-corrected chi connectivity index (χ3v) is 3.67. The van der Waals surface area contributed by atoms with E-state index in [2.05, 4.69) is 4.98 Å². The summed E-state index contributed by atoms with van der Waals surface area (Å²) in [6.45, 7) is 0. The minimum atomic E-state index is 0.0348. The van der Waals surface area contributed by atoms with E-state index in [0.717, 1.165) is 16.2 Å². The number of benzene rings is 1. The highest BCUT2D eigenvalue weighted by molar-refractivity contribution is 7.15. The number of nitrogen functional groups attached to an aromatic ring is 1. The minimum Gasteiger partial charge on any atom is -0.399 e. The first-order valence-corrected chi connectivity index (χ1v) is 7.06. The number of anilines is 1. The van der Waals surface area contributed by atoms with Gasteiger partial charge in [0.2, 0.25) is 0 Å². The van der Waals surface area contributed by atoms with E-state index in [0.29, 0.717) is 12.1 Å². The molecule has 0 radical (unpaired) electrons. The molecule has 2 N–H and O–H groups in total. The van der Waals surface area contributed by atoms with Gasteiger partial charge >= 0.3 is 0 Å². The van der Waals surface area contributed by atoms with Crippen LogP contribution in [0.5, 0.6) is 0 Å². The molecule has 0 unspecified atom stereocenters. The summed E-state index contributed by atoms with van der Waals surface area (Å²) in [5.74, 6) is 0.0348. The zero-order valence-corrected chi connectivity index (χ0v) is 11.5. The summed E-state index contributed by atoms with van der Waals surface area (Å²) >= 11 is 1.56. The van der Waals surface area contributed by atoms with Crippen LogP contribution in [-0.2, 0) is 11.2 Å². The summed E-state index contributed by atoms with van der Waals surface area (Å²) in [4.78, 5) is 17.2. The van der Waals surface area contributed by atoms with Crippen LogP contribution in [0.3, 0.4) is 0 Å². The van der Waals surface area contributed by atoms with Gasteiger partial charge in [-0.3, -0.25) is 9.20 Å². The summed E-state index contributed by atoms with van der Waals surface area (Å²) in [6.07, 6.45) is 7.52. The smallest absolute Gasteiger partial charge is 0.193 e. The van der Waals surface area contributed by atoms with Gasteiger partial charge in [-0.1, -0.05) is 18.2 Å². The number of carbonyl (C=O) groups is 1. The van der Waals surface area contributed by atoms with Gasteiger partial charge in [-0.2, -0.15) is 0 Å². The molecule has 4 nitrogen and oxygen atoms in total. The fourth-order valence-electron chi connectivity index (χ4n) is 1.89. The van der Waals surface area contributed by atoms with Gasteiger partial charge < -0.3 is 5.73 Å². The van der Waals surface area contributed by atoms with E-state index in [-0.39, 0.29) is 5.78 Å².